The van der Waals surface area contributed by atoms with Crippen molar-refractivity contribution in [1.82, 2.24) is 5.32 Å². The molecule has 1 nitrogen and oxygen atoms in total. The monoisotopic (exact) mass is 165 g/mol. The molecule has 1 unspecified atom stereocenters. The number of alkyl halides is 2. The molecule has 11 heavy (non-hydrogen) atoms. The number of hydrogen-bond acceptors (Lipinski definition) is 1. The summed E-state index contributed by atoms with van der Waals surface area (Å²) >= 11 is 0. The van der Waals surface area contributed by atoms with E-state index in [0.29, 0.717) is 12.5 Å². The Morgan fingerprint density at radius 1 is 1.18 bits per heavy atom. The molecule has 0 aromatic carbocycles. The van der Waals surface area contributed by atoms with Crippen LogP contribution >= 0.6 is 0 Å². The van der Waals surface area contributed by atoms with Crippen molar-refractivity contribution in [3.05, 3.63) is 0 Å². The van der Waals surface area contributed by atoms with Gasteiger partial charge in [-0.05, 0) is 25.8 Å². The van der Waals surface area contributed by atoms with E-state index in [1.807, 2.05) is 0 Å². The van der Waals surface area contributed by atoms with Crippen LogP contribution in [0.5, 0.6) is 0 Å². The van der Waals surface area contributed by atoms with Crippen LogP contribution in [0.25, 0.3) is 0 Å². The van der Waals surface area contributed by atoms with Crippen molar-refractivity contribution in [2.75, 3.05) is 6.54 Å². The van der Waals surface area contributed by atoms with Crippen LogP contribution in [0, 0.1) is 5.92 Å². The first-order chi connectivity index (χ1) is 5.04. The summed E-state index contributed by atoms with van der Waals surface area (Å²) in [5, 5.41) is 2.76. The molecule has 0 bridgehead atoms. The second kappa shape index (κ2) is 5.47. The van der Waals surface area contributed by atoms with Crippen molar-refractivity contribution < 1.29 is 8.78 Å². The second-order valence-corrected chi connectivity index (χ2v) is 3.26. The van der Waals surface area contributed by atoms with Gasteiger partial charge in [0.1, 0.15) is 0 Å². The molecule has 0 aliphatic heterocycles. The van der Waals surface area contributed by atoms with E-state index in [1.165, 1.54) is 6.92 Å². The van der Waals surface area contributed by atoms with Gasteiger partial charge in [-0.15, -0.1) is 0 Å². The van der Waals surface area contributed by atoms with Crippen LogP contribution in [0.15, 0.2) is 0 Å². The number of halogens is 2. The molecule has 0 amide bonds. The van der Waals surface area contributed by atoms with E-state index in [2.05, 4.69) is 19.2 Å². The van der Waals surface area contributed by atoms with E-state index in [1.54, 1.807) is 0 Å². The van der Waals surface area contributed by atoms with Crippen LogP contribution in [0.3, 0.4) is 0 Å². The van der Waals surface area contributed by atoms with Crippen molar-refractivity contribution in [3.63, 3.8) is 0 Å². The maximum Gasteiger partial charge on any atom is 0.253 e. The van der Waals surface area contributed by atoms with Crippen LogP contribution in [0.1, 0.15) is 27.2 Å². The summed E-state index contributed by atoms with van der Waals surface area (Å²) in [5.41, 5.74) is 0. The third-order valence-electron chi connectivity index (χ3n) is 1.57. The van der Waals surface area contributed by atoms with Gasteiger partial charge in [0.25, 0.3) is 6.43 Å². The Kier molecular flexibility index (Phi) is 5.38. The lowest BCUT2D eigenvalue weighted by atomic mass is 10.1. The van der Waals surface area contributed by atoms with Crippen LogP contribution in [0.4, 0.5) is 8.78 Å². The lowest BCUT2D eigenvalue weighted by Crippen LogP contribution is -2.33. The van der Waals surface area contributed by atoms with Gasteiger partial charge < -0.3 is 5.32 Å². The molecule has 1 atom stereocenters. The quantitative estimate of drug-likeness (QED) is 0.659. The van der Waals surface area contributed by atoms with Crippen molar-refractivity contribution in [2.45, 2.75) is 39.7 Å². The van der Waals surface area contributed by atoms with Gasteiger partial charge in [-0.3, -0.25) is 0 Å². The second-order valence-electron chi connectivity index (χ2n) is 3.26. The van der Waals surface area contributed by atoms with Crippen molar-refractivity contribution in [3.8, 4) is 0 Å². The highest BCUT2D eigenvalue weighted by Gasteiger charge is 2.12. The largest absolute Gasteiger partial charge is 0.309 e. The summed E-state index contributed by atoms with van der Waals surface area (Å²) in [5.74, 6) is 0.576. The Morgan fingerprint density at radius 2 is 1.73 bits per heavy atom. The molecule has 0 saturated heterocycles. The van der Waals surface area contributed by atoms with E-state index in [4.69, 9.17) is 0 Å². The molecule has 0 rings (SSSR count). The Bertz CT molecular complexity index is 94.1. The number of hydrogen-bond donors (Lipinski definition) is 1. The van der Waals surface area contributed by atoms with E-state index in [0.717, 1.165) is 6.42 Å². The topological polar surface area (TPSA) is 12.0 Å². The highest BCUT2D eigenvalue weighted by atomic mass is 19.3. The third-order valence-corrected chi connectivity index (χ3v) is 1.57. The highest BCUT2D eigenvalue weighted by Crippen LogP contribution is 2.01. The Morgan fingerprint density at radius 3 is 2.09 bits per heavy atom. The Hall–Kier alpha value is -0.180. The smallest absolute Gasteiger partial charge is 0.253 e. The SMILES string of the molecule is CC(C)CCNC(C)C(F)F. The van der Waals surface area contributed by atoms with Crippen LogP contribution in [0.2, 0.25) is 0 Å². The van der Waals surface area contributed by atoms with Crippen molar-refractivity contribution in [2.24, 2.45) is 5.92 Å². The molecular formula is C8H17F2N. The maximum absolute atomic E-state index is 11.9. The maximum atomic E-state index is 11.9. The summed E-state index contributed by atoms with van der Waals surface area (Å²) in [6.45, 7) is 6.34. The molecular weight excluding hydrogens is 148 g/mol. The molecule has 0 aromatic heterocycles. The van der Waals surface area contributed by atoms with Crippen LogP contribution < -0.4 is 5.32 Å². The van der Waals surface area contributed by atoms with E-state index in [-0.39, 0.29) is 0 Å². The average molecular weight is 165 g/mol. The highest BCUT2D eigenvalue weighted by molar-refractivity contribution is 4.62. The minimum atomic E-state index is -2.25. The molecule has 0 saturated carbocycles. The fraction of sp³-hybridized carbons (Fsp3) is 1.00. The van der Waals surface area contributed by atoms with Gasteiger partial charge in [-0.1, -0.05) is 13.8 Å². The first kappa shape index (κ1) is 10.8. The lowest BCUT2D eigenvalue weighted by molar-refractivity contribution is 0.106. The van der Waals surface area contributed by atoms with Gasteiger partial charge in [0.15, 0.2) is 0 Å². The summed E-state index contributed by atoms with van der Waals surface area (Å²) in [7, 11) is 0. The zero-order valence-corrected chi connectivity index (χ0v) is 7.40. The third kappa shape index (κ3) is 6.23. The molecule has 0 heterocycles. The predicted molar refractivity (Wildman–Crippen MR) is 42.9 cm³/mol. The fourth-order valence-corrected chi connectivity index (χ4v) is 0.689. The number of nitrogens with one attached hydrogen (secondary N) is 1. The molecule has 0 radical (unpaired) electrons. The van der Waals surface area contributed by atoms with Gasteiger partial charge >= 0.3 is 0 Å². The first-order valence-electron chi connectivity index (χ1n) is 4.05. The molecule has 0 aromatic rings. The van der Waals surface area contributed by atoms with Gasteiger partial charge in [0.2, 0.25) is 0 Å². The van der Waals surface area contributed by atoms with Gasteiger partial charge in [0.05, 0.1) is 6.04 Å². The summed E-state index contributed by atoms with van der Waals surface area (Å²) in [6.07, 6.45) is -1.29. The van der Waals surface area contributed by atoms with Gasteiger partial charge in [-0.25, -0.2) is 8.78 Å². The minimum Gasteiger partial charge on any atom is -0.309 e. The van der Waals surface area contributed by atoms with E-state index in [9.17, 15) is 8.78 Å². The van der Waals surface area contributed by atoms with E-state index >= 15 is 0 Å². The molecule has 0 fully saturated rings. The van der Waals surface area contributed by atoms with E-state index < -0.39 is 12.5 Å². The predicted octanol–water partition coefficient (Wildman–Crippen LogP) is 2.28. The van der Waals surface area contributed by atoms with Crippen molar-refractivity contribution in [1.29, 1.82) is 0 Å². The molecule has 68 valence electrons. The minimum absolute atomic E-state index is 0.576. The molecule has 0 aliphatic carbocycles. The van der Waals surface area contributed by atoms with Crippen LogP contribution in [-0.2, 0) is 0 Å². The molecule has 0 spiro atoms. The fourth-order valence-electron chi connectivity index (χ4n) is 0.689. The van der Waals surface area contributed by atoms with Crippen molar-refractivity contribution >= 4 is 0 Å². The van der Waals surface area contributed by atoms with Gasteiger partial charge in [-0.2, -0.15) is 0 Å². The first-order valence-corrected chi connectivity index (χ1v) is 4.05. The zero-order chi connectivity index (χ0) is 8.85. The average Bonchev–Trinajstić information content (AvgIpc) is 1.86. The summed E-state index contributed by atoms with van der Waals surface area (Å²) in [4.78, 5) is 0. The number of rotatable bonds is 5. The Labute approximate surface area is 67.2 Å². The normalized spacial score (nSPS) is 14.5. The Balaban J connectivity index is 3.24. The molecule has 1 N–H and O–H groups in total. The standard InChI is InChI=1S/C8H17F2N/c1-6(2)4-5-11-7(3)8(9)10/h6-8,11H,4-5H2,1-3H3. The summed E-state index contributed by atoms with van der Waals surface area (Å²) in [6, 6.07) is -0.672. The summed E-state index contributed by atoms with van der Waals surface area (Å²) < 4.78 is 23.8. The van der Waals surface area contributed by atoms with Gasteiger partial charge in [0, 0.05) is 0 Å². The lowest BCUT2D eigenvalue weighted by Gasteiger charge is -2.13. The molecule has 3 heteroatoms. The van der Waals surface area contributed by atoms with Crippen LogP contribution in [-0.4, -0.2) is 19.0 Å². The zero-order valence-electron chi connectivity index (χ0n) is 7.40. The molecule has 0 aliphatic rings.